The number of piperazine rings is 1. The molecule has 3 aliphatic heterocycles. The number of morpholine rings is 1. The lowest BCUT2D eigenvalue weighted by molar-refractivity contribution is -0.115. The zero-order valence-electron chi connectivity index (χ0n) is 17.4. The summed E-state index contributed by atoms with van der Waals surface area (Å²) >= 11 is 0.891. The molecule has 5 rings (SSSR count). The maximum atomic E-state index is 12.0. The Morgan fingerprint density at radius 1 is 1.00 bits per heavy atom. The first-order chi connectivity index (χ1) is 15.7. The van der Waals surface area contributed by atoms with E-state index < -0.39 is 5.91 Å². The Morgan fingerprint density at radius 2 is 1.78 bits per heavy atom. The van der Waals surface area contributed by atoms with Crippen molar-refractivity contribution in [2.24, 2.45) is 0 Å². The van der Waals surface area contributed by atoms with Crippen LogP contribution in [0, 0.1) is 0 Å². The average molecular weight is 454 g/mol. The van der Waals surface area contributed by atoms with Crippen LogP contribution in [0.15, 0.2) is 35.5 Å². The quantitative estimate of drug-likeness (QED) is 0.683. The number of hydrogen-bond acceptors (Lipinski definition) is 10. The average Bonchev–Trinajstić information content (AvgIpc) is 3.16. The van der Waals surface area contributed by atoms with Crippen molar-refractivity contribution in [3.8, 4) is 0 Å². The van der Waals surface area contributed by atoms with Gasteiger partial charge in [0.2, 0.25) is 5.95 Å². The summed E-state index contributed by atoms with van der Waals surface area (Å²) in [6, 6.07) is 5.87. The molecule has 2 aromatic heterocycles. The maximum Gasteiger partial charge on any atom is 0.290 e. The molecule has 0 atom stereocenters. The van der Waals surface area contributed by atoms with Crippen LogP contribution in [0.1, 0.15) is 5.69 Å². The minimum atomic E-state index is -0.391. The SMILES string of the molecule is O=C1NC(=O)C(=Cc2cc(N3CCOCC3)nc(N3CCN(c4cccnc4)CC3)n2)S1. The Bertz CT molecular complexity index is 1030. The second kappa shape index (κ2) is 9.13. The normalized spacial score (nSPS) is 20.8. The van der Waals surface area contributed by atoms with Gasteiger partial charge < -0.3 is 19.4 Å². The molecular weight excluding hydrogens is 430 g/mol. The Labute approximate surface area is 189 Å². The van der Waals surface area contributed by atoms with Gasteiger partial charge in [-0.05, 0) is 30.0 Å². The van der Waals surface area contributed by atoms with E-state index in [2.05, 4.69) is 31.1 Å². The summed E-state index contributed by atoms with van der Waals surface area (Å²) < 4.78 is 5.47. The van der Waals surface area contributed by atoms with E-state index in [0.29, 0.717) is 29.8 Å². The summed E-state index contributed by atoms with van der Waals surface area (Å²) in [5.74, 6) is 1.04. The van der Waals surface area contributed by atoms with E-state index in [4.69, 9.17) is 14.7 Å². The van der Waals surface area contributed by atoms with Crippen LogP contribution < -0.4 is 20.0 Å². The van der Waals surface area contributed by atoms with Crippen molar-refractivity contribution < 1.29 is 14.3 Å². The van der Waals surface area contributed by atoms with Crippen LogP contribution in [0.5, 0.6) is 0 Å². The molecule has 0 saturated carbocycles. The number of aromatic nitrogens is 3. The van der Waals surface area contributed by atoms with E-state index in [1.807, 2.05) is 18.3 Å². The minimum Gasteiger partial charge on any atom is -0.378 e. The monoisotopic (exact) mass is 453 g/mol. The molecule has 1 N–H and O–H groups in total. The number of carbonyl (C=O) groups is 2. The highest BCUT2D eigenvalue weighted by Crippen LogP contribution is 2.27. The van der Waals surface area contributed by atoms with Gasteiger partial charge in [0.15, 0.2) is 0 Å². The molecule has 2 amide bonds. The van der Waals surface area contributed by atoms with Crippen molar-refractivity contribution >= 4 is 46.4 Å². The third-order valence-electron chi connectivity index (χ3n) is 5.55. The first kappa shape index (κ1) is 20.7. The summed E-state index contributed by atoms with van der Waals surface area (Å²) in [7, 11) is 0. The first-order valence-corrected chi connectivity index (χ1v) is 11.3. The molecule has 5 heterocycles. The Hall–Kier alpha value is -3.18. The number of carbonyl (C=O) groups excluding carboxylic acids is 2. The number of imide groups is 1. The lowest BCUT2D eigenvalue weighted by atomic mass is 10.2. The van der Waals surface area contributed by atoms with Crippen LogP contribution in [-0.4, -0.2) is 78.6 Å². The van der Waals surface area contributed by atoms with Crippen LogP contribution in [0.3, 0.4) is 0 Å². The number of anilines is 3. The van der Waals surface area contributed by atoms with Crippen molar-refractivity contribution in [2.45, 2.75) is 0 Å². The maximum absolute atomic E-state index is 12.0. The van der Waals surface area contributed by atoms with Gasteiger partial charge in [-0.25, -0.2) is 4.98 Å². The largest absolute Gasteiger partial charge is 0.378 e. The van der Waals surface area contributed by atoms with Gasteiger partial charge in [0.05, 0.1) is 35.7 Å². The second-order valence-corrected chi connectivity index (χ2v) is 8.60. The van der Waals surface area contributed by atoms with E-state index in [1.165, 1.54) is 0 Å². The van der Waals surface area contributed by atoms with Gasteiger partial charge >= 0.3 is 0 Å². The van der Waals surface area contributed by atoms with Crippen LogP contribution in [-0.2, 0) is 9.53 Å². The highest BCUT2D eigenvalue weighted by Gasteiger charge is 2.26. The van der Waals surface area contributed by atoms with Gasteiger partial charge in [-0.15, -0.1) is 0 Å². The first-order valence-electron chi connectivity index (χ1n) is 10.5. The summed E-state index contributed by atoms with van der Waals surface area (Å²) in [5, 5.41) is 1.92. The van der Waals surface area contributed by atoms with Gasteiger partial charge in [-0.2, -0.15) is 4.98 Å². The van der Waals surface area contributed by atoms with Crippen molar-refractivity contribution in [3.63, 3.8) is 0 Å². The molecule has 3 aliphatic rings. The van der Waals surface area contributed by atoms with Crippen molar-refractivity contribution in [1.29, 1.82) is 0 Å². The number of ether oxygens (including phenoxy) is 1. The molecule has 0 aromatic carbocycles. The number of amides is 2. The number of nitrogens with zero attached hydrogens (tertiary/aromatic N) is 6. The lowest BCUT2D eigenvalue weighted by Crippen LogP contribution is -2.47. The van der Waals surface area contributed by atoms with E-state index in [-0.39, 0.29) is 5.24 Å². The molecule has 0 spiro atoms. The molecule has 32 heavy (non-hydrogen) atoms. The predicted molar refractivity (Wildman–Crippen MR) is 123 cm³/mol. The standard InChI is InChI=1S/C21H23N7O3S/c29-19-17(32-21(30)25-19)12-15-13-18(27-8-10-31-11-9-27)24-20(23-15)28-6-4-26(5-7-28)16-2-1-3-22-14-16/h1-3,12-14H,4-11H2,(H,25,29,30). The molecule has 166 valence electrons. The molecule has 0 radical (unpaired) electrons. The fraction of sp³-hybridized carbons (Fsp3) is 0.381. The molecule has 0 bridgehead atoms. The molecule has 2 aromatic rings. The van der Waals surface area contributed by atoms with Crippen LogP contribution in [0.4, 0.5) is 22.2 Å². The number of pyridine rings is 1. The summed E-state index contributed by atoms with van der Waals surface area (Å²) in [6.45, 7) is 5.99. The molecule has 3 fully saturated rings. The Balaban J connectivity index is 1.40. The predicted octanol–water partition coefficient (Wildman–Crippen LogP) is 1.36. The second-order valence-electron chi connectivity index (χ2n) is 7.59. The fourth-order valence-corrected chi connectivity index (χ4v) is 4.54. The minimum absolute atomic E-state index is 0.342. The number of hydrogen-bond donors (Lipinski definition) is 1. The van der Waals surface area contributed by atoms with Crippen LogP contribution in [0.25, 0.3) is 6.08 Å². The molecule has 3 saturated heterocycles. The summed E-state index contributed by atoms with van der Waals surface area (Å²) in [6.07, 6.45) is 5.31. The number of nitrogens with one attached hydrogen (secondary N) is 1. The molecule has 11 heteroatoms. The Kier molecular flexibility index (Phi) is 5.91. The van der Waals surface area contributed by atoms with Crippen molar-refractivity contribution in [2.75, 3.05) is 67.2 Å². The van der Waals surface area contributed by atoms with E-state index in [1.54, 1.807) is 12.3 Å². The zero-order chi connectivity index (χ0) is 21.9. The third kappa shape index (κ3) is 4.53. The van der Waals surface area contributed by atoms with E-state index >= 15 is 0 Å². The van der Waals surface area contributed by atoms with Gasteiger partial charge in [0.1, 0.15) is 5.82 Å². The highest BCUT2D eigenvalue weighted by atomic mass is 32.2. The van der Waals surface area contributed by atoms with Gasteiger partial charge in [-0.3, -0.25) is 19.9 Å². The fourth-order valence-electron chi connectivity index (χ4n) is 3.87. The van der Waals surface area contributed by atoms with Crippen LogP contribution in [0.2, 0.25) is 0 Å². The summed E-state index contributed by atoms with van der Waals surface area (Å²) in [5.41, 5.74) is 1.72. The zero-order valence-corrected chi connectivity index (χ0v) is 18.3. The molecule has 0 unspecified atom stereocenters. The van der Waals surface area contributed by atoms with E-state index in [0.717, 1.165) is 62.5 Å². The van der Waals surface area contributed by atoms with Gasteiger partial charge in [-0.1, -0.05) is 0 Å². The number of thioether (sulfide) groups is 1. The smallest absolute Gasteiger partial charge is 0.290 e. The lowest BCUT2D eigenvalue weighted by Gasteiger charge is -2.36. The molecular formula is C21H23N7O3S. The molecule has 10 nitrogen and oxygen atoms in total. The summed E-state index contributed by atoms with van der Waals surface area (Å²) in [4.78, 5) is 44.3. The van der Waals surface area contributed by atoms with Crippen molar-refractivity contribution in [3.05, 3.63) is 41.2 Å². The third-order valence-corrected chi connectivity index (χ3v) is 6.36. The van der Waals surface area contributed by atoms with Crippen molar-refractivity contribution in [1.82, 2.24) is 20.3 Å². The molecule has 0 aliphatic carbocycles. The van der Waals surface area contributed by atoms with Gasteiger partial charge in [0.25, 0.3) is 11.1 Å². The van der Waals surface area contributed by atoms with Crippen LogP contribution >= 0.6 is 11.8 Å². The van der Waals surface area contributed by atoms with E-state index in [9.17, 15) is 9.59 Å². The topological polar surface area (TPSA) is 104 Å². The highest BCUT2D eigenvalue weighted by molar-refractivity contribution is 8.18. The number of rotatable bonds is 4. The Morgan fingerprint density at radius 3 is 2.47 bits per heavy atom. The van der Waals surface area contributed by atoms with Gasteiger partial charge in [0, 0.05) is 51.5 Å².